The van der Waals surface area contributed by atoms with Crippen molar-refractivity contribution in [2.45, 2.75) is 102 Å². The number of nitrogens with zero attached hydrogens (tertiary/aromatic N) is 1. The minimum Gasteiger partial charge on any atom is -0.329 e. The van der Waals surface area contributed by atoms with Gasteiger partial charge in [-0.3, -0.25) is 4.90 Å². The van der Waals surface area contributed by atoms with E-state index in [0.29, 0.717) is 5.54 Å². The Balaban J connectivity index is 2.07. The van der Waals surface area contributed by atoms with E-state index in [0.717, 1.165) is 18.5 Å². The Hall–Kier alpha value is -0.0800. The first-order valence-corrected chi connectivity index (χ1v) is 9.72. The molecule has 1 aliphatic heterocycles. The van der Waals surface area contributed by atoms with Crippen molar-refractivity contribution in [2.75, 3.05) is 13.1 Å². The van der Waals surface area contributed by atoms with Gasteiger partial charge >= 0.3 is 0 Å². The summed E-state index contributed by atoms with van der Waals surface area (Å²) in [6.45, 7) is 6.86. The van der Waals surface area contributed by atoms with Crippen LogP contribution in [0.15, 0.2) is 0 Å². The van der Waals surface area contributed by atoms with E-state index in [2.05, 4.69) is 18.7 Å². The summed E-state index contributed by atoms with van der Waals surface area (Å²) in [6.07, 6.45) is 16.7. The first-order chi connectivity index (χ1) is 10.3. The van der Waals surface area contributed by atoms with E-state index in [9.17, 15) is 0 Å². The average Bonchev–Trinajstić information content (AvgIpc) is 2.72. The van der Waals surface area contributed by atoms with Crippen molar-refractivity contribution in [3.05, 3.63) is 0 Å². The van der Waals surface area contributed by atoms with Gasteiger partial charge in [-0.15, -0.1) is 0 Å². The van der Waals surface area contributed by atoms with E-state index in [1.165, 1.54) is 83.6 Å². The average molecular weight is 295 g/mol. The SMILES string of the molecule is CCCC1CCCC(CN)(N2CCCCC2CCC)CC1. The lowest BCUT2D eigenvalue weighted by atomic mass is 9.82. The molecule has 3 unspecified atom stereocenters. The first-order valence-electron chi connectivity index (χ1n) is 9.72. The summed E-state index contributed by atoms with van der Waals surface area (Å²) >= 11 is 0. The minimum atomic E-state index is 0.336. The van der Waals surface area contributed by atoms with Crippen LogP contribution in [0.3, 0.4) is 0 Å². The topological polar surface area (TPSA) is 29.3 Å². The minimum absolute atomic E-state index is 0.336. The monoisotopic (exact) mass is 294 g/mol. The molecule has 21 heavy (non-hydrogen) atoms. The molecule has 0 spiro atoms. The maximum absolute atomic E-state index is 6.37. The van der Waals surface area contributed by atoms with E-state index >= 15 is 0 Å². The van der Waals surface area contributed by atoms with Crippen molar-refractivity contribution in [3.63, 3.8) is 0 Å². The molecule has 0 bridgehead atoms. The lowest BCUT2D eigenvalue weighted by Gasteiger charge is -2.50. The van der Waals surface area contributed by atoms with Crippen molar-refractivity contribution < 1.29 is 0 Å². The van der Waals surface area contributed by atoms with Gasteiger partial charge in [-0.2, -0.15) is 0 Å². The van der Waals surface area contributed by atoms with Gasteiger partial charge in [-0.1, -0.05) is 52.4 Å². The highest BCUT2D eigenvalue weighted by molar-refractivity contribution is 4.98. The highest BCUT2D eigenvalue weighted by atomic mass is 15.2. The lowest BCUT2D eigenvalue weighted by molar-refractivity contribution is 0.00673. The van der Waals surface area contributed by atoms with Gasteiger partial charge in [0.05, 0.1) is 0 Å². The second-order valence-corrected chi connectivity index (χ2v) is 7.65. The molecule has 124 valence electrons. The normalized spacial score (nSPS) is 35.6. The third-order valence-corrected chi connectivity index (χ3v) is 6.21. The third-order valence-electron chi connectivity index (χ3n) is 6.21. The Labute approximate surface area is 132 Å². The molecule has 1 saturated heterocycles. The molecule has 0 aromatic heterocycles. The predicted molar refractivity (Wildman–Crippen MR) is 92.5 cm³/mol. The Morgan fingerprint density at radius 1 is 0.952 bits per heavy atom. The van der Waals surface area contributed by atoms with Crippen LogP contribution in [0.2, 0.25) is 0 Å². The van der Waals surface area contributed by atoms with Crippen molar-refractivity contribution in [3.8, 4) is 0 Å². The molecule has 0 amide bonds. The molecule has 1 saturated carbocycles. The highest BCUT2D eigenvalue weighted by Crippen LogP contribution is 2.39. The maximum Gasteiger partial charge on any atom is 0.0334 e. The van der Waals surface area contributed by atoms with Crippen molar-refractivity contribution >= 4 is 0 Å². The molecule has 1 aliphatic carbocycles. The van der Waals surface area contributed by atoms with Gasteiger partial charge in [0.25, 0.3) is 0 Å². The number of likely N-dealkylation sites (tertiary alicyclic amines) is 1. The quantitative estimate of drug-likeness (QED) is 0.718. The summed E-state index contributed by atoms with van der Waals surface area (Å²) in [7, 11) is 0. The lowest BCUT2D eigenvalue weighted by Crippen LogP contribution is -2.59. The zero-order valence-electron chi connectivity index (χ0n) is 14.6. The Morgan fingerprint density at radius 3 is 2.48 bits per heavy atom. The van der Waals surface area contributed by atoms with E-state index in [4.69, 9.17) is 5.73 Å². The first kappa shape index (κ1) is 17.3. The van der Waals surface area contributed by atoms with Crippen LogP contribution in [-0.2, 0) is 0 Å². The van der Waals surface area contributed by atoms with E-state index in [1.807, 2.05) is 0 Å². The number of hydrogen-bond acceptors (Lipinski definition) is 2. The van der Waals surface area contributed by atoms with Gasteiger partial charge < -0.3 is 5.73 Å². The molecule has 0 aromatic carbocycles. The zero-order chi connectivity index (χ0) is 15.1. The molecule has 0 aromatic rings. The van der Waals surface area contributed by atoms with Crippen molar-refractivity contribution in [1.82, 2.24) is 4.90 Å². The molecule has 2 nitrogen and oxygen atoms in total. The molecule has 2 N–H and O–H groups in total. The fourth-order valence-corrected chi connectivity index (χ4v) is 5.03. The second-order valence-electron chi connectivity index (χ2n) is 7.65. The Bertz CT molecular complexity index is 289. The van der Waals surface area contributed by atoms with Crippen LogP contribution >= 0.6 is 0 Å². The van der Waals surface area contributed by atoms with Crippen molar-refractivity contribution in [2.24, 2.45) is 11.7 Å². The molecule has 0 radical (unpaired) electrons. The molecule has 2 rings (SSSR count). The molecule has 2 fully saturated rings. The summed E-state index contributed by atoms with van der Waals surface area (Å²) in [4.78, 5) is 2.88. The smallest absolute Gasteiger partial charge is 0.0334 e. The number of nitrogens with two attached hydrogens (primary N) is 1. The molecule has 2 aliphatic rings. The van der Waals surface area contributed by atoms with E-state index in [1.54, 1.807) is 0 Å². The van der Waals surface area contributed by atoms with Gasteiger partial charge in [-0.05, 0) is 51.0 Å². The largest absolute Gasteiger partial charge is 0.329 e. The summed E-state index contributed by atoms with van der Waals surface area (Å²) in [5.41, 5.74) is 6.71. The van der Waals surface area contributed by atoms with Crippen LogP contribution in [0.1, 0.15) is 90.9 Å². The molecular formula is C19H38N2. The molecule has 3 atom stereocenters. The fourth-order valence-electron chi connectivity index (χ4n) is 5.03. The van der Waals surface area contributed by atoms with Crippen LogP contribution in [0, 0.1) is 5.92 Å². The molecular weight excluding hydrogens is 256 g/mol. The summed E-state index contributed by atoms with van der Waals surface area (Å²) in [5, 5.41) is 0. The number of hydrogen-bond donors (Lipinski definition) is 1. The predicted octanol–water partition coefficient (Wildman–Crippen LogP) is 4.72. The van der Waals surface area contributed by atoms with E-state index < -0.39 is 0 Å². The summed E-state index contributed by atoms with van der Waals surface area (Å²) in [5.74, 6) is 0.970. The summed E-state index contributed by atoms with van der Waals surface area (Å²) < 4.78 is 0. The van der Waals surface area contributed by atoms with Gasteiger partial charge in [0.1, 0.15) is 0 Å². The van der Waals surface area contributed by atoms with E-state index in [-0.39, 0.29) is 0 Å². The fraction of sp³-hybridized carbons (Fsp3) is 1.00. The summed E-state index contributed by atoms with van der Waals surface area (Å²) in [6, 6.07) is 0.815. The van der Waals surface area contributed by atoms with Gasteiger partial charge in [0, 0.05) is 18.1 Å². The van der Waals surface area contributed by atoms with Crippen LogP contribution in [0.5, 0.6) is 0 Å². The number of piperidine rings is 1. The Morgan fingerprint density at radius 2 is 1.76 bits per heavy atom. The molecule has 1 heterocycles. The van der Waals surface area contributed by atoms with Crippen molar-refractivity contribution in [1.29, 1.82) is 0 Å². The van der Waals surface area contributed by atoms with Gasteiger partial charge in [0.2, 0.25) is 0 Å². The zero-order valence-corrected chi connectivity index (χ0v) is 14.6. The maximum atomic E-state index is 6.37. The number of rotatable bonds is 6. The Kier molecular flexibility index (Phi) is 7.01. The molecule has 2 heteroatoms. The van der Waals surface area contributed by atoms with Crippen LogP contribution in [0.4, 0.5) is 0 Å². The van der Waals surface area contributed by atoms with Crippen LogP contribution in [0.25, 0.3) is 0 Å². The highest BCUT2D eigenvalue weighted by Gasteiger charge is 2.41. The van der Waals surface area contributed by atoms with Crippen LogP contribution in [-0.4, -0.2) is 29.6 Å². The van der Waals surface area contributed by atoms with Gasteiger partial charge in [-0.25, -0.2) is 0 Å². The van der Waals surface area contributed by atoms with Gasteiger partial charge in [0.15, 0.2) is 0 Å². The van der Waals surface area contributed by atoms with Crippen LogP contribution < -0.4 is 5.73 Å². The standard InChI is InChI=1S/C19H38N2/c1-3-8-17-10-7-13-19(16-20,14-12-17)21-15-6-5-11-18(21)9-4-2/h17-18H,3-16,20H2,1-2H3. The third kappa shape index (κ3) is 4.22. The second kappa shape index (κ2) is 8.53.